The van der Waals surface area contributed by atoms with Gasteiger partial charge in [-0.15, -0.1) is 6.58 Å². The molecule has 106 valence electrons. The van der Waals surface area contributed by atoms with Crippen molar-refractivity contribution in [2.75, 3.05) is 39.0 Å². The second-order valence-electron chi connectivity index (χ2n) is 4.53. The smallest absolute Gasteiger partial charge is 0.209 e. The van der Waals surface area contributed by atoms with Crippen LogP contribution in [0.4, 0.5) is 5.13 Å². The van der Waals surface area contributed by atoms with E-state index >= 15 is 0 Å². The maximum atomic E-state index is 12.5. The summed E-state index contributed by atoms with van der Waals surface area (Å²) in [5.74, 6) is 0. The van der Waals surface area contributed by atoms with Crippen molar-refractivity contribution in [1.29, 1.82) is 0 Å². The van der Waals surface area contributed by atoms with E-state index in [1.54, 1.807) is 0 Å². The van der Waals surface area contributed by atoms with E-state index in [-0.39, 0.29) is 9.34 Å². The Bertz CT molecular complexity index is 547. The number of hydrogen-bond donors (Lipinski definition) is 1. The first-order chi connectivity index (χ1) is 8.95. The molecule has 1 unspecified atom stereocenters. The first kappa shape index (κ1) is 14.4. The molecule has 0 aromatic carbocycles. The van der Waals surface area contributed by atoms with Gasteiger partial charge in [-0.25, -0.2) is 13.4 Å². The highest BCUT2D eigenvalue weighted by atomic mass is 32.2. The number of nitrogens with two attached hydrogens (primary N) is 1. The lowest BCUT2D eigenvalue weighted by Crippen LogP contribution is -2.50. The lowest BCUT2D eigenvalue weighted by Gasteiger charge is -2.35. The van der Waals surface area contributed by atoms with Crippen LogP contribution in [0.2, 0.25) is 0 Å². The normalized spacial score (nSPS) is 20.3. The van der Waals surface area contributed by atoms with Crippen molar-refractivity contribution in [1.82, 2.24) is 14.8 Å². The molecule has 1 saturated heterocycles. The molecule has 2 heterocycles. The van der Waals surface area contributed by atoms with E-state index in [1.165, 1.54) is 12.3 Å². The minimum Gasteiger partial charge on any atom is -0.375 e. The van der Waals surface area contributed by atoms with Crippen LogP contribution in [0.15, 0.2) is 23.1 Å². The topological polar surface area (TPSA) is 79.5 Å². The number of hydrogen-bond acceptors (Lipinski definition) is 7. The van der Waals surface area contributed by atoms with Crippen LogP contribution in [-0.2, 0) is 9.84 Å². The number of sulfone groups is 1. The number of aromatic nitrogens is 1. The second-order valence-corrected chi connectivity index (χ2v) is 7.86. The van der Waals surface area contributed by atoms with Crippen molar-refractivity contribution in [3.8, 4) is 0 Å². The predicted molar refractivity (Wildman–Crippen MR) is 76.8 cm³/mol. The summed E-state index contributed by atoms with van der Waals surface area (Å²) in [5, 5.41) is -0.444. The molecule has 2 rings (SSSR count). The van der Waals surface area contributed by atoms with Crippen LogP contribution in [0.25, 0.3) is 0 Å². The van der Waals surface area contributed by atoms with E-state index < -0.39 is 15.2 Å². The molecule has 6 nitrogen and oxygen atoms in total. The number of anilines is 1. The van der Waals surface area contributed by atoms with Gasteiger partial charge in [-0.1, -0.05) is 17.4 Å². The summed E-state index contributed by atoms with van der Waals surface area (Å²) in [6, 6.07) is 0. The fourth-order valence-corrected chi connectivity index (χ4v) is 4.80. The van der Waals surface area contributed by atoms with Gasteiger partial charge in [-0.05, 0) is 7.05 Å². The van der Waals surface area contributed by atoms with Crippen LogP contribution in [0.3, 0.4) is 0 Å². The zero-order chi connectivity index (χ0) is 14.0. The molecule has 1 aromatic rings. The standard InChI is InChI=1S/C11H18N4O2S2/c1-3-9(15-6-4-14(2)5-7-15)19(16,17)10-8-13-11(12)18-10/h3,8-9H,1,4-7H2,2H3,(H2,12,13). The maximum absolute atomic E-state index is 12.5. The van der Waals surface area contributed by atoms with Gasteiger partial charge in [-0.2, -0.15) is 0 Å². The third-order valence-electron chi connectivity index (χ3n) is 3.20. The Kier molecular flexibility index (Phi) is 4.24. The largest absolute Gasteiger partial charge is 0.375 e. The van der Waals surface area contributed by atoms with E-state index in [2.05, 4.69) is 16.5 Å². The molecule has 8 heteroatoms. The molecule has 19 heavy (non-hydrogen) atoms. The van der Waals surface area contributed by atoms with Gasteiger partial charge in [0.15, 0.2) is 5.13 Å². The fourth-order valence-electron chi connectivity index (χ4n) is 2.07. The number of rotatable bonds is 4. The number of likely N-dealkylation sites (N-methyl/N-ethyl adjacent to an activating group) is 1. The Morgan fingerprint density at radius 1 is 1.47 bits per heavy atom. The van der Waals surface area contributed by atoms with Gasteiger partial charge >= 0.3 is 0 Å². The molecule has 1 aliphatic heterocycles. The average Bonchev–Trinajstić information content (AvgIpc) is 2.80. The summed E-state index contributed by atoms with van der Waals surface area (Å²) in [5.41, 5.74) is 5.51. The zero-order valence-corrected chi connectivity index (χ0v) is 12.5. The van der Waals surface area contributed by atoms with E-state index in [0.29, 0.717) is 13.1 Å². The molecule has 0 bridgehead atoms. The summed E-state index contributed by atoms with van der Waals surface area (Å²) in [7, 11) is -1.46. The van der Waals surface area contributed by atoms with Crippen LogP contribution in [0, 0.1) is 0 Å². The minimum absolute atomic E-state index is 0.203. The van der Waals surface area contributed by atoms with E-state index in [1.807, 2.05) is 11.9 Å². The highest BCUT2D eigenvalue weighted by molar-refractivity contribution is 7.94. The van der Waals surface area contributed by atoms with Gasteiger partial charge in [0.05, 0.1) is 6.20 Å². The summed E-state index contributed by atoms with van der Waals surface area (Å²) in [4.78, 5) is 7.92. The quantitative estimate of drug-likeness (QED) is 0.804. The average molecular weight is 302 g/mol. The summed E-state index contributed by atoms with van der Waals surface area (Å²) in [6.45, 7) is 6.79. The molecule has 0 amide bonds. The monoisotopic (exact) mass is 302 g/mol. The summed E-state index contributed by atoms with van der Waals surface area (Å²) < 4.78 is 25.3. The van der Waals surface area contributed by atoms with Crippen LogP contribution in [0.1, 0.15) is 0 Å². The highest BCUT2D eigenvalue weighted by Crippen LogP contribution is 2.26. The predicted octanol–water partition coefficient (Wildman–Crippen LogP) is 0.259. The van der Waals surface area contributed by atoms with Crippen molar-refractivity contribution in [2.45, 2.75) is 9.58 Å². The van der Waals surface area contributed by atoms with Crippen LogP contribution in [-0.4, -0.2) is 61.8 Å². The number of piperazine rings is 1. The fraction of sp³-hybridized carbons (Fsp3) is 0.545. The minimum atomic E-state index is -3.48. The number of nitrogen functional groups attached to an aromatic ring is 1. The molecule has 2 N–H and O–H groups in total. The second kappa shape index (κ2) is 5.58. The Labute approximate surface area is 117 Å². The molecule has 1 fully saturated rings. The Morgan fingerprint density at radius 2 is 2.11 bits per heavy atom. The molecular formula is C11H18N4O2S2. The van der Waals surface area contributed by atoms with E-state index in [0.717, 1.165) is 24.4 Å². The zero-order valence-electron chi connectivity index (χ0n) is 10.8. The first-order valence-electron chi connectivity index (χ1n) is 5.95. The lowest BCUT2D eigenvalue weighted by atomic mass is 10.3. The van der Waals surface area contributed by atoms with Crippen LogP contribution < -0.4 is 5.73 Å². The Morgan fingerprint density at radius 3 is 2.58 bits per heavy atom. The number of thiazole rings is 1. The maximum Gasteiger partial charge on any atom is 0.209 e. The SMILES string of the molecule is C=CC(N1CCN(C)CC1)S(=O)(=O)c1cnc(N)s1. The Hall–Kier alpha value is -0.960. The van der Waals surface area contributed by atoms with Gasteiger partial charge in [0.2, 0.25) is 9.84 Å². The molecular weight excluding hydrogens is 284 g/mol. The molecule has 1 atom stereocenters. The van der Waals surface area contributed by atoms with Crippen molar-refractivity contribution in [2.24, 2.45) is 0 Å². The van der Waals surface area contributed by atoms with Gasteiger partial charge in [0, 0.05) is 26.2 Å². The van der Waals surface area contributed by atoms with Crippen LogP contribution in [0.5, 0.6) is 0 Å². The van der Waals surface area contributed by atoms with Crippen molar-refractivity contribution in [3.63, 3.8) is 0 Å². The molecule has 1 aliphatic rings. The third-order valence-corrected chi connectivity index (χ3v) is 6.56. The van der Waals surface area contributed by atoms with Gasteiger partial charge in [-0.3, -0.25) is 4.90 Å². The molecule has 1 aromatic heterocycles. The highest BCUT2D eigenvalue weighted by Gasteiger charge is 2.33. The molecule has 0 spiro atoms. The van der Waals surface area contributed by atoms with Crippen LogP contribution >= 0.6 is 11.3 Å². The van der Waals surface area contributed by atoms with Gasteiger partial charge in [0.1, 0.15) is 9.58 Å². The van der Waals surface area contributed by atoms with E-state index in [4.69, 9.17) is 5.73 Å². The summed E-state index contributed by atoms with van der Waals surface area (Å²) >= 11 is 0.997. The molecule has 0 radical (unpaired) electrons. The third kappa shape index (κ3) is 2.97. The Balaban J connectivity index is 2.24. The molecule has 0 aliphatic carbocycles. The summed E-state index contributed by atoms with van der Waals surface area (Å²) in [6.07, 6.45) is 2.80. The van der Waals surface area contributed by atoms with Crippen molar-refractivity contribution >= 4 is 26.3 Å². The molecule has 0 saturated carbocycles. The lowest BCUT2D eigenvalue weighted by molar-refractivity contribution is 0.154. The first-order valence-corrected chi connectivity index (χ1v) is 8.32. The van der Waals surface area contributed by atoms with E-state index in [9.17, 15) is 8.42 Å². The van der Waals surface area contributed by atoms with Gasteiger partial charge < -0.3 is 10.6 Å². The van der Waals surface area contributed by atoms with Gasteiger partial charge in [0.25, 0.3) is 0 Å². The van der Waals surface area contributed by atoms with Crippen molar-refractivity contribution in [3.05, 3.63) is 18.9 Å². The number of nitrogens with zero attached hydrogens (tertiary/aromatic N) is 3. The van der Waals surface area contributed by atoms with Crippen molar-refractivity contribution < 1.29 is 8.42 Å².